The Balaban J connectivity index is 0. The van der Waals surface area contributed by atoms with E-state index >= 15 is 0 Å². The van der Waals surface area contributed by atoms with Crippen molar-refractivity contribution in [3.05, 3.63) is 0 Å². The van der Waals surface area contributed by atoms with Crippen molar-refractivity contribution >= 4 is 45.1 Å². The minimum atomic E-state index is -3.38. The Bertz CT molecular complexity index is 107. The quantitative estimate of drug-likeness (QED) is 0.290. The van der Waals surface area contributed by atoms with Gasteiger partial charge in [-0.3, -0.25) is 0 Å². The van der Waals surface area contributed by atoms with E-state index in [1.807, 2.05) is 0 Å². The van der Waals surface area contributed by atoms with Crippen LogP contribution in [-0.4, -0.2) is 29.6 Å². The van der Waals surface area contributed by atoms with E-state index in [-0.39, 0.29) is 17.1 Å². The minimum Gasteiger partial charge on any atom is -0.854 e. The molecule has 0 fully saturated rings. The Morgan fingerprint density at radius 1 is 1.38 bits per heavy atom. The minimum absolute atomic E-state index is 0. The number of hydrogen-bond donors (Lipinski definition) is 0. The molecule has 0 N–H and O–H groups in total. The summed E-state index contributed by atoms with van der Waals surface area (Å²) in [4.78, 5) is 20.4. The Morgan fingerprint density at radius 2 is 1.50 bits per heavy atom. The second-order valence-electron chi connectivity index (χ2n) is 1.22. The van der Waals surface area contributed by atoms with E-state index in [4.69, 9.17) is 0 Å². The van der Waals surface area contributed by atoms with E-state index in [1.165, 1.54) is 0 Å². The molecule has 0 aromatic carbocycles. The van der Waals surface area contributed by atoms with Crippen LogP contribution in [0.25, 0.3) is 0 Å². The molecule has 0 bridgehead atoms. The van der Waals surface area contributed by atoms with Crippen molar-refractivity contribution in [2.45, 2.75) is 0 Å². The van der Waals surface area contributed by atoms with Gasteiger partial charge in [0.2, 0.25) is 0 Å². The van der Waals surface area contributed by atoms with Crippen LogP contribution < -0.4 is 9.79 Å². The van der Waals surface area contributed by atoms with Gasteiger partial charge in [0.05, 0.1) is 0 Å². The van der Waals surface area contributed by atoms with Crippen molar-refractivity contribution in [3.63, 3.8) is 0 Å². The van der Waals surface area contributed by atoms with Crippen LogP contribution in [-0.2, 0) is 22.3 Å². The molecule has 0 aromatic rings. The molecule has 49 valence electrons. The summed E-state index contributed by atoms with van der Waals surface area (Å²) in [5.41, 5.74) is -3.38. The third-order valence-corrected chi connectivity index (χ3v) is 6.71. The fraction of sp³-hybridized carbons (Fsp3) is 1.00. The van der Waals surface area contributed by atoms with E-state index in [0.29, 0.717) is 0 Å². The van der Waals surface area contributed by atoms with Crippen molar-refractivity contribution in [2.75, 3.05) is 12.5 Å². The average Bonchev–Trinajstić information content (AvgIpc) is 1.31. The summed E-state index contributed by atoms with van der Waals surface area (Å²) < 4.78 is 0. The maximum absolute atomic E-state index is 10.2. The largest absolute Gasteiger partial charge is 3.00 e. The van der Waals surface area contributed by atoms with Gasteiger partial charge in [-0.15, -0.1) is 0 Å². The van der Waals surface area contributed by atoms with Gasteiger partial charge in [-0.1, -0.05) is 0 Å². The van der Waals surface area contributed by atoms with E-state index < -0.39 is 15.8 Å². The standard InChI is InChI=1S/C2H6O2PS2.Se/c1-7(2)5(3,4)6;/h1-2H3;/q-3;+3. The molecule has 3 radical (unpaired) electrons. The predicted molar refractivity (Wildman–Crippen MR) is 39.3 cm³/mol. The molecule has 0 unspecified atom stereocenters. The van der Waals surface area contributed by atoms with E-state index in [1.54, 1.807) is 12.5 Å². The Hall–Kier alpha value is 1.57. The smallest absolute Gasteiger partial charge is 0.854 e. The van der Waals surface area contributed by atoms with Crippen LogP contribution in [0, 0.1) is 0 Å². The van der Waals surface area contributed by atoms with Gasteiger partial charge in [0.25, 0.3) is 0 Å². The van der Waals surface area contributed by atoms with Crippen molar-refractivity contribution in [2.24, 2.45) is 0 Å². The van der Waals surface area contributed by atoms with Crippen LogP contribution in [0.1, 0.15) is 0 Å². The van der Waals surface area contributed by atoms with Gasteiger partial charge in [0, 0.05) is 0 Å². The van der Waals surface area contributed by atoms with Crippen LogP contribution in [0.3, 0.4) is 0 Å². The van der Waals surface area contributed by atoms with Crippen LogP contribution in [0.4, 0.5) is 0 Å². The van der Waals surface area contributed by atoms with Crippen LogP contribution in [0.2, 0.25) is 0 Å². The molecular formula is C2H6O2PS2Se. The summed E-state index contributed by atoms with van der Waals surface area (Å²) in [6.45, 7) is 0. The van der Waals surface area contributed by atoms with Gasteiger partial charge < -0.3 is 27.7 Å². The summed E-state index contributed by atoms with van der Waals surface area (Å²) >= 11 is 4.12. The molecule has 0 rings (SSSR count). The predicted octanol–water partition coefficient (Wildman–Crippen LogP) is -1.57. The molecule has 0 heterocycles. The van der Waals surface area contributed by atoms with Crippen molar-refractivity contribution in [1.82, 2.24) is 0 Å². The Morgan fingerprint density at radius 3 is 1.50 bits per heavy atom. The van der Waals surface area contributed by atoms with Crippen LogP contribution in [0.15, 0.2) is 0 Å². The summed E-state index contributed by atoms with van der Waals surface area (Å²) in [5.74, 6) is 0. The average molecular weight is 236 g/mol. The second-order valence-corrected chi connectivity index (χ2v) is 9.43. The molecule has 0 atom stereocenters. The molecular weight excluding hydrogens is 230 g/mol. The van der Waals surface area contributed by atoms with E-state index in [0.717, 1.165) is 0 Å². The van der Waals surface area contributed by atoms with Gasteiger partial charge in [-0.2, -0.15) is 0 Å². The van der Waals surface area contributed by atoms with Gasteiger partial charge in [-0.25, -0.2) is 10.1 Å². The molecule has 0 aliphatic heterocycles. The fourth-order valence-corrected chi connectivity index (χ4v) is 0. The third-order valence-electron chi connectivity index (χ3n) is 0.447. The summed E-state index contributed by atoms with van der Waals surface area (Å²) in [6, 6.07) is 0. The molecule has 0 aliphatic carbocycles. The first-order chi connectivity index (χ1) is 2.94. The summed E-state index contributed by atoms with van der Waals surface area (Å²) in [5, 5.41) is 0. The zero-order chi connectivity index (χ0) is 6.08. The van der Waals surface area contributed by atoms with Gasteiger partial charge >= 0.3 is 17.1 Å². The van der Waals surface area contributed by atoms with Gasteiger partial charge in [-0.05, 0) is 12.5 Å². The Kier molecular flexibility index (Phi) is 6.74. The number of rotatable bonds is 0. The zero-order valence-corrected chi connectivity index (χ0v) is 8.73. The molecule has 6 heteroatoms. The maximum atomic E-state index is 10.2. The second kappa shape index (κ2) is 4.40. The number of hydrogen-bond acceptors (Lipinski definition) is 3. The molecule has 0 aliphatic rings. The van der Waals surface area contributed by atoms with Crippen molar-refractivity contribution in [1.29, 1.82) is 0 Å². The molecule has 0 spiro atoms. The normalized spacial score (nSPS) is 11.2. The first-order valence-electron chi connectivity index (χ1n) is 1.55. The van der Waals surface area contributed by atoms with E-state index in [9.17, 15) is 9.79 Å². The molecule has 0 amide bonds. The summed E-state index contributed by atoms with van der Waals surface area (Å²) in [6.07, 6.45) is 3.20. The third kappa shape index (κ3) is 5.70. The fourth-order valence-electron chi connectivity index (χ4n) is 0. The zero-order valence-electron chi connectivity index (χ0n) is 4.49. The molecule has 0 aromatic heterocycles. The van der Waals surface area contributed by atoms with Crippen molar-refractivity contribution < 1.29 is 9.79 Å². The first-order valence-corrected chi connectivity index (χ1v) is 6.83. The molecule has 0 saturated heterocycles. The Labute approximate surface area is 67.4 Å². The molecule has 2 nitrogen and oxygen atoms in total. The molecule has 0 saturated carbocycles. The summed E-state index contributed by atoms with van der Waals surface area (Å²) in [7, 11) is -0.618. The maximum Gasteiger partial charge on any atom is 3.00 e. The molecule has 8 heavy (non-hydrogen) atoms. The SMILES string of the molecule is CS(C)=P([O-])([O-])[S-].[Se+3]. The topological polar surface area (TPSA) is 46.1 Å². The van der Waals surface area contributed by atoms with Gasteiger partial charge in [0.1, 0.15) is 0 Å². The first kappa shape index (κ1) is 12.3. The monoisotopic (exact) mass is 237 g/mol. The van der Waals surface area contributed by atoms with E-state index in [2.05, 4.69) is 12.2 Å². The van der Waals surface area contributed by atoms with Gasteiger partial charge in [0.15, 0.2) is 0 Å². The van der Waals surface area contributed by atoms with Crippen molar-refractivity contribution in [3.8, 4) is 0 Å². The van der Waals surface area contributed by atoms with Crippen LogP contribution in [0.5, 0.6) is 0 Å². The van der Waals surface area contributed by atoms with Crippen LogP contribution >= 0.6 is 5.69 Å².